The van der Waals surface area contributed by atoms with Crippen LogP contribution in [0, 0.1) is 11.8 Å². The third-order valence-corrected chi connectivity index (χ3v) is 4.99. The second kappa shape index (κ2) is 8.16. The van der Waals surface area contributed by atoms with Crippen molar-refractivity contribution in [1.29, 1.82) is 0 Å². The van der Waals surface area contributed by atoms with Crippen molar-refractivity contribution in [3.05, 3.63) is 88.7 Å². The molecule has 0 unspecified atom stereocenters. The highest BCUT2D eigenvalue weighted by atomic mass is 35.5. The van der Waals surface area contributed by atoms with Crippen molar-refractivity contribution in [2.45, 2.75) is 5.92 Å². The summed E-state index contributed by atoms with van der Waals surface area (Å²) in [5, 5.41) is 3.18. The maximum atomic E-state index is 12.1. The molecule has 2 aromatic carbocycles. The number of hydrogen-bond acceptors (Lipinski definition) is 3. The van der Waals surface area contributed by atoms with Gasteiger partial charge in [-0.15, -0.1) is 0 Å². The fraction of sp³-hybridized carbons (Fsp3) is 0.130. The van der Waals surface area contributed by atoms with Crippen molar-refractivity contribution in [3.8, 4) is 23.0 Å². The average molecular weight is 389 g/mol. The number of nitrogens with one attached hydrogen (secondary N) is 1. The molecule has 0 bridgehead atoms. The van der Waals surface area contributed by atoms with Crippen LogP contribution < -0.4 is 5.32 Å². The summed E-state index contributed by atoms with van der Waals surface area (Å²) in [5.41, 5.74) is 5.39. The standard InChI is InChI=1S/C23H17ClN2O2/c24-22-11-13-25-14-16(22)6-5-12-26-23(27)28-15-21-19-9-3-1-7-17(19)18-8-2-4-10-20(18)21/h1-4,7-11,13-14,21H,12,15H2,(H,26,27). The normalized spacial score (nSPS) is 11.8. The molecular weight excluding hydrogens is 372 g/mol. The highest BCUT2D eigenvalue weighted by Gasteiger charge is 2.28. The van der Waals surface area contributed by atoms with Crippen molar-refractivity contribution in [2.75, 3.05) is 13.2 Å². The number of nitrogens with zero attached hydrogens (tertiary/aromatic N) is 1. The lowest BCUT2D eigenvalue weighted by Gasteiger charge is -2.14. The fourth-order valence-corrected chi connectivity index (χ4v) is 3.53. The quantitative estimate of drug-likeness (QED) is 0.666. The number of hydrogen-bond donors (Lipinski definition) is 1. The van der Waals surface area contributed by atoms with Gasteiger partial charge in [-0.05, 0) is 28.3 Å². The van der Waals surface area contributed by atoms with Crippen LogP contribution in [0.1, 0.15) is 22.6 Å². The van der Waals surface area contributed by atoms with Crippen molar-refractivity contribution < 1.29 is 9.53 Å². The van der Waals surface area contributed by atoms with Gasteiger partial charge in [0.15, 0.2) is 0 Å². The Morgan fingerprint density at radius 3 is 2.43 bits per heavy atom. The molecule has 1 heterocycles. The van der Waals surface area contributed by atoms with Gasteiger partial charge in [-0.25, -0.2) is 4.79 Å². The lowest BCUT2D eigenvalue weighted by atomic mass is 9.98. The molecule has 3 aromatic rings. The summed E-state index contributed by atoms with van der Waals surface area (Å²) < 4.78 is 5.46. The molecule has 1 aromatic heterocycles. The molecule has 1 N–H and O–H groups in total. The van der Waals surface area contributed by atoms with Crippen LogP contribution in [-0.4, -0.2) is 24.2 Å². The smallest absolute Gasteiger partial charge is 0.407 e. The first-order chi connectivity index (χ1) is 13.7. The monoisotopic (exact) mass is 388 g/mol. The Hall–Kier alpha value is -3.29. The number of carbonyl (C=O) groups excluding carboxylic acids is 1. The molecule has 138 valence electrons. The Bertz CT molecular complexity index is 1040. The Morgan fingerprint density at radius 1 is 1.07 bits per heavy atom. The predicted molar refractivity (Wildman–Crippen MR) is 109 cm³/mol. The second-order valence-corrected chi connectivity index (χ2v) is 6.74. The fourth-order valence-electron chi connectivity index (χ4n) is 3.37. The molecular formula is C23H17ClN2O2. The van der Waals surface area contributed by atoms with Gasteiger partial charge in [0, 0.05) is 18.3 Å². The number of amides is 1. The Kier molecular flexibility index (Phi) is 5.27. The predicted octanol–water partition coefficient (Wildman–Crippen LogP) is 4.63. The zero-order chi connectivity index (χ0) is 19.3. The zero-order valence-corrected chi connectivity index (χ0v) is 15.7. The van der Waals surface area contributed by atoms with E-state index in [9.17, 15) is 4.79 Å². The molecule has 0 spiro atoms. The van der Waals surface area contributed by atoms with E-state index in [1.165, 1.54) is 22.3 Å². The van der Waals surface area contributed by atoms with Gasteiger partial charge < -0.3 is 10.1 Å². The molecule has 4 rings (SSSR count). The lowest BCUT2D eigenvalue weighted by molar-refractivity contribution is 0.144. The maximum Gasteiger partial charge on any atom is 0.407 e. The molecule has 0 aliphatic heterocycles. The second-order valence-electron chi connectivity index (χ2n) is 6.34. The topological polar surface area (TPSA) is 51.2 Å². The van der Waals surface area contributed by atoms with Gasteiger partial charge in [0.2, 0.25) is 0 Å². The minimum absolute atomic E-state index is 0.0402. The maximum absolute atomic E-state index is 12.1. The molecule has 1 amide bonds. The number of benzene rings is 2. The number of rotatable bonds is 3. The van der Waals surface area contributed by atoms with Crippen LogP contribution in [0.5, 0.6) is 0 Å². The van der Waals surface area contributed by atoms with E-state index in [0.717, 1.165) is 0 Å². The van der Waals surface area contributed by atoms with Crippen LogP contribution >= 0.6 is 11.6 Å². The van der Waals surface area contributed by atoms with Gasteiger partial charge in [-0.2, -0.15) is 0 Å². The third-order valence-electron chi connectivity index (χ3n) is 4.66. The Morgan fingerprint density at radius 2 is 1.75 bits per heavy atom. The largest absolute Gasteiger partial charge is 0.449 e. The van der Waals surface area contributed by atoms with Gasteiger partial charge in [-0.1, -0.05) is 72.0 Å². The van der Waals surface area contributed by atoms with Gasteiger partial charge in [0.25, 0.3) is 0 Å². The number of halogens is 1. The minimum atomic E-state index is -0.492. The number of pyridine rings is 1. The molecule has 0 radical (unpaired) electrons. The van der Waals surface area contributed by atoms with E-state index >= 15 is 0 Å². The molecule has 0 atom stereocenters. The Labute approximate surface area is 168 Å². The number of ether oxygens (including phenoxy) is 1. The molecule has 5 heteroatoms. The summed E-state index contributed by atoms with van der Waals surface area (Å²) >= 11 is 6.02. The molecule has 4 nitrogen and oxygen atoms in total. The van der Waals surface area contributed by atoms with E-state index in [2.05, 4.69) is 46.4 Å². The highest BCUT2D eigenvalue weighted by Crippen LogP contribution is 2.44. The number of carbonyl (C=O) groups is 1. The third kappa shape index (κ3) is 3.71. The number of fused-ring (bicyclic) bond motifs is 3. The zero-order valence-electron chi connectivity index (χ0n) is 15.0. The Balaban J connectivity index is 1.36. The van der Waals surface area contributed by atoms with Crippen LogP contribution in [0.25, 0.3) is 11.1 Å². The summed E-state index contributed by atoms with van der Waals surface area (Å²) in [6, 6.07) is 18.1. The van der Waals surface area contributed by atoms with Crippen LogP contribution in [0.2, 0.25) is 5.02 Å². The van der Waals surface area contributed by atoms with Crippen molar-refractivity contribution in [3.63, 3.8) is 0 Å². The number of alkyl carbamates (subject to hydrolysis) is 1. The van der Waals surface area contributed by atoms with E-state index in [1.807, 2.05) is 24.3 Å². The molecule has 1 aliphatic carbocycles. The minimum Gasteiger partial charge on any atom is -0.449 e. The lowest BCUT2D eigenvalue weighted by Crippen LogP contribution is -2.26. The van der Waals surface area contributed by atoms with E-state index in [4.69, 9.17) is 16.3 Å². The molecule has 0 saturated carbocycles. The summed E-state index contributed by atoms with van der Waals surface area (Å²) in [4.78, 5) is 16.0. The summed E-state index contributed by atoms with van der Waals surface area (Å²) in [7, 11) is 0. The van der Waals surface area contributed by atoms with Crippen molar-refractivity contribution in [2.24, 2.45) is 0 Å². The van der Waals surface area contributed by atoms with Gasteiger partial charge >= 0.3 is 6.09 Å². The molecule has 0 saturated heterocycles. The van der Waals surface area contributed by atoms with Crippen LogP contribution in [-0.2, 0) is 4.74 Å². The molecule has 1 aliphatic rings. The molecule has 28 heavy (non-hydrogen) atoms. The van der Waals surface area contributed by atoms with Gasteiger partial charge in [0.05, 0.1) is 17.1 Å². The first-order valence-electron chi connectivity index (χ1n) is 8.91. The summed E-state index contributed by atoms with van der Waals surface area (Å²) in [6.45, 7) is 0.448. The first kappa shape index (κ1) is 18.1. The van der Waals surface area contributed by atoms with Crippen molar-refractivity contribution in [1.82, 2.24) is 10.3 Å². The van der Waals surface area contributed by atoms with Crippen molar-refractivity contribution >= 4 is 17.7 Å². The van der Waals surface area contributed by atoms with E-state index in [1.54, 1.807) is 18.5 Å². The van der Waals surface area contributed by atoms with Crippen LogP contribution in [0.3, 0.4) is 0 Å². The highest BCUT2D eigenvalue weighted by molar-refractivity contribution is 6.31. The van der Waals surface area contributed by atoms with E-state index in [0.29, 0.717) is 10.6 Å². The molecule has 0 fully saturated rings. The number of aromatic nitrogens is 1. The van der Waals surface area contributed by atoms with E-state index in [-0.39, 0.29) is 19.1 Å². The van der Waals surface area contributed by atoms with Crippen LogP contribution in [0.4, 0.5) is 4.79 Å². The SMILES string of the molecule is O=C(NCC#Cc1cnccc1Cl)OCC1c2ccccc2-c2ccccc21. The first-order valence-corrected chi connectivity index (χ1v) is 9.29. The van der Waals surface area contributed by atoms with Gasteiger partial charge in [-0.3, -0.25) is 4.98 Å². The van der Waals surface area contributed by atoms with Crippen LogP contribution in [0.15, 0.2) is 67.0 Å². The summed E-state index contributed by atoms with van der Waals surface area (Å²) in [6.07, 6.45) is 2.69. The van der Waals surface area contributed by atoms with Gasteiger partial charge in [0.1, 0.15) is 6.61 Å². The van der Waals surface area contributed by atoms with E-state index < -0.39 is 6.09 Å². The average Bonchev–Trinajstić information content (AvgIpc) is 3.05. The summed E-state index contributed by atoms with van der Waals surface area (Å²) in [5.74, 6) is 5.76.